The van der Waals surface area contributed by atoms with E-state index < -0.39 is 12.0 Å². The highest BCUT2D eigenvalue weighted by Gasteiger charge is 2.30. The summed E-state index contributed by atoms with van der Waals surface area (Å²) in [5.74, 6) is -1.33. The minimum Gasteiger partial charge on any atom is -0.480 e. The number of aliphatic carboxylic acids is 1. The molecule has 0 radical (unpaired) electrons. The molecule has 1 aliphatic rings. The maximum Gasteiger partial charge on any atom is 0.326 e. The van der Waals surface area contributed by atoms with Crippen LogP contribution in [0.3, 0.4) is 0 Å². The van der Waals surface area contributed by atoms with Gasteiger partial charge in [0.15, 0.2) is 0 Å². The standard InChI is InChI=1S/C13H16N2O4S/c1-7(13(18)19)15(2)12(17)9-5-6-10(20-9)14-11(16)8-3-4-8/h5-8H,3-4H2,1-2H3,(H,14,16)(H,18,19). The number of amides is 2. The van der Waals surface area contributed by atoms with Gasteiger partial charge in [0.1, 0.15) is 6.04 Å². The van der Waals surface area contributed by atoms with Gasteiger partial charge in [-0.1, -0.05) is 0 Å². The fourth-order valence-corrected chi connectivity index (χ4v) is 2.50. The number of thiophene rings is 1. The molecule has 0 spiro atoms. The zero-order chi connectivity index (χ0) is 14.9. The third kappa shape index (κ3) is 3.16. The average molecular weight is 296 g/mol. The van der Waals surface area contributed by atoms with Crippen molar-refractivity contribution >= 4 is 34.1 Å². The van der Waals surface area contributed by atoms with Crippen molar-refractivity contribution in [2.75, 3.05) is 12.4 Å². The largest absolute Gasteiger partial charge is 0.480 e. The van der Waals surface area contributed by atoms with Crippen molar-refractivity contribution in [2.45, 2.75) is 25.8 Å². The van der Waals surface area contributed by atoms with Crippen LogP contribution < -0.4 is 5.32 Å². The van der Waals surface area contributed by atoms with Crippen molar-refractivity contribution in [3.05, 3.63) is 17.0 Å². The number of carboxylic acids is 1. The maximum absolute atomic E-state index is 12.1. The van der Waals surface area contributed by atoms with Crippen molar-refractivity contribution in [1.29, 1.82) is 0 Å². The molecule has 2 rings (SSSR count). The lowest BCUT2D eigenvalue weighted by Crippen LogP contribution is -2.39. The van der Waals surface area contributed by atoms with Gasteiger partial charge in [0.05, 0.1) is 9.88 Å². The monoisotopic (exact) mass is 296 g/mol. The predicted octanol–water partition coefficient (Wildman–Crippen LogP) is 1.64. The molecule has 1 atom stereocenters. The second kappa shape index (κ2) is 5.62. The summed E-state index contributed by atoms with van der Waals surface area (Å²) in [5.41, 5.74) is 0. The van der Waals surface area contributed by atoms with Gasteiger partial charge in [-0.2, -0.15) is 0 Å². The Hall–Kier alpha value is -1.89. The summed E-state index contributed by atoms with van der Waals surface area (Å²) in [6, 6.07) is 2.37. The fourth-order valence-electron chi connectivity index (χ4n) is 1.60. The highest BCUT2D eigenvalue weighted by atomic mass is 32.1. The summed E-state index contributed by atoms with van der Waals surface area (Å²) in [7, 11) is 1.45. The minimum atomic E-state index is -1.06. The van der Waals surface area contributed by atoms with E-state index in [1.165, 1.54) is 18.9 Å². The van der Waals surface area contributed by atoms with Crippen LogP contribution in [0.2, 0.25) is 0 Å². The number of nitrogens with one attached hydrogen (secondary N) is 1. The Morgan fingerprint density at radius 2 is 2.05 bits per heavy atom. The zero-order valence-electron chi connectivity index (χ0n) is 11.3. The highest BCUT2D eigenvalue weighted by molar-refractivity contribution is 7.18. The Morgan fingerprint density at radius 3 is 2.60 bits per heavy atom. The van der Waals surface area contributed by atoms with Crippen LogP contribution in [0, 0.1) is 5.92 Å². The molecule has 1 fully saturated rings. The van der Waals surface area contributed by atoms with Gasteiger partial charge in [0.25, 0.3) is 5.91 Å². The number of likely N-dealkylation sites (N-methyl/N-ethyl adjacent to an activating group) is 1. The number of hydrogen-bond acceptors (Lipinski definition) is 4. The molecule has 0 bridgehead atoms. The lowest BCUT2D eigenvalue weighted by Gasteiger charge is -2.20. The van der Waals surface area contributed by atoms with Crippen LogP contribution >= 0.6 is 11.3 Å². The van der Waals surface area contributed by atoms with Gasteiger partial charge in [0.2, 0.25) is 5.91 Å². The van der Waals surface area contributed by atoms with E-state index in [4.69, 9.17) is 5.11 Å². The first-order chi connectivity index (χ1) is 9.40. The lowest BCUT2D eigenvalue weighted by molar-refractivity contribution is -0.141. The molecule has 1 saturated carbocycles. The Kier molecular flexibility index (Phi) is 4.08. The predicted molar refractivity (Wildman–Crippen MR) is 74.9 cm³/mol. The Bertz CT molecular complexity index is 550. The molecule has 20 heavy (non-hydrogen) atoms. The van der Waals surface area contributed by atoms with Crippen molar-refractivity contribution in [1.82, 2.24) is 4.90 Å². The molecule has 1 unspecified atom stereocenters. The van der Waals surface area contributed by atoms with Gasteiger partial charge in [-0.3, -0.25) is 9.59 Å². The highest BCUT2D eigenvalue weighted by Crippen LogP contribution is 2.31. The van der Waals surface area contributed by atoms with Crippen molar-refractivity contribution in [2.24, 2.45) is 5.92 Å². The molecule has 1 heterocycles. The molecule has 7 heteroatoms. The van der Waals surface area contributed by atoms with E-state index in [-0.39, 0.29) is 17.7 Å². The lowest BCUT2D eigenvalue weighted by atomic mass is 10.3. The molecule has 0 saturated heterocycles. The molecular weight excluding hydrogens is 280 g/mol. The van der Waals surface area contributed by atoms with E-state index in [9.17, 15) is 14.4 Å². The molecule has 108 valence electrons. The summed E-state index contributed by atoms with van der Waals surface area (Å²) >= 11 is 1.16. The first-order valence-corrected chi connectivity index (χ1v) is 7.12. The van der Waals surface area contributed by atoms with E-state index in [1.54, 1.807) is 12.1 Å². The third-order valence-corrected chi connectivity index (χ3v) is 4.26. The second-order valence-corrected chi connectivity index (χ2v) is 5.94. The maximum atomic E-state index is 12.1. The molecule has 6 nitrogen and oxygen atoms in total. The van der Waals surface area contributed by atoms with Gasteiger partial charge in [-0.25, -0.2) is 4.79 Å². The smallest absolute Gasteiger partial charge is 0.326 e. The average Bonchev–Trinajstić information content (AvgIpc) is 3.17. The third-order valence-electron chi connectivity index (χ3n) is 3.27. The minimum absolute atomic E-state index is 0.0156. The summed E-state index contributed by atoms with van der Waals surface area (Å²) in [5, 5.41) is 12.3. The van der Waals surface area contributed by atoms with E-state index >= 15 is 0 Å². The van der Waals surface area contributed by atoms with E-state index in [0.29, 0.717) is 9.88 Å². The first-order valence-electron chi connectivity index (χ1n) is 6.31. The van der Waals surface area contributed by atoms with E-state index in [1.807, 2.05) is 0 Å². The van der Waals surface area contributed by atoms with Gasteiger partial charge in [0, 0.05) is 13.0 Å². The number of carbonyl (C=O) groups is 3. The fraction of sp³-hybridized carbons (Fsp3) is 0.462. The molecule has 1 aromatic heterocycles. The number of nitrogens with zero attached hydrogens (tertiary/aromatic N) is 1. The SMILES string of the molecule is CC(C(=O)O)N(C)C(=O)c1ccc(NC(=O)C2CC2)s1. The number of anilines is 1. The van der Waals surface area contributed by atoms with Crippen LogP contribution in [0.1, 0.15) is 29.4 Å². The molecule has 2 N–H and O–H groups in total. The Balaban J connectivity index is 2.02. The van der Waals surface area contributed by atoms with Gasteiger partial charge in [-0.15, -0.1) is 11.3 Å². The molecule has 1 aliphatic carbocycles. The summed E-state index contributed by atoms with van der Waals surface area (Å²) in [6.07, 6.45) is 1.84. The van der Waals surface area contributed by atoms with Crippen LogP contribution in [-0.4, -0.2) is 40.9 Å². The van der Waals surface area contributed by atoms with Crippen LogP contribution in [0.4, 0.5) is 5.00 Å². The van der Waals surface area contributed by atoms with Crippen LogP contribution in [0.25, 0.3) is 0 Å². The van der Waals surface area contributed by atoms with Crippen LogP contribution in [-0.2, 0) is 9.59 Å². The van der Waals surface area contributed by atoms with Crippen LogP contribution in [0.15, 0.2) is 12.1 Å². The quantitative estimate of drug-likeness (QED) is 0.865. The number of carboxylic acid groups (broad SMARTS) is 1. The van der Waals surface area contributed by atoms with Gasteiger partial charge < -0.3 is 15.3 Å². The van der Waals surface area contributed by atoms with Crippen molar-refractivity contribution in [3.63, 3.8) is 0 Å². The topological polar surface area (TPSA) is 86.7 Å². The molecule has 0 aromatic carbocycles. The molecular formula is C13H16N2O4S. The molecule has 1 aromatic rings. The number of rotatable bonds is 5. The van der Waals surface area contributed by atoms with E-state index in [0.717, 1.165) is 24.2 Å². The van der Waals surface area contributed by atoms with Crippen molar-refractivity contribution in [3.8, 4) is 0 Å². The van der Waals surface area contributed by atoms with Crippen molar-refractivity contribution < 1.29 is 19.5 Å². The summed E-state index contributed by atoms with van der Waals surface area (Å²) < 4.78 is 0. The van der Waals surface area contributed by atoms with Crippen LogP contribution in [0.5, 0.6) is 0 Å². The number of carbonyl (C=O) groups excluding carboxylic acids is 2. The second-order valence-electron chi connectivity index (χ2n) is 4.86. The summed E-state index contributed by atoms with van der Waals surface area (Å²) in [4.78, 5) is 36.1. The zero-order valence-corrected chi connectivity index (χ0v) is 12.1. The van der Waals surface area contributed by atoms with Gasteiger partial charge in [-0.05, 0) is 31.9 Å². The van der Waals surface area contributed by atoms with E-state index in [2.05, 4.69) is 5.32 Å². The normalized spacial score (nSPS) is 15.5. The number of hydrogen-bond donors (Lipinski definition) is 2. The Morgan fingerprint density at radius 1 is 1.40 bits per heavy atom. The first kappa shape index (κ1) is 14.5. The van der Waals surface area contributed by atoms with Gasteiger partial charge >= 0.3 is 5.97 Å². The summed E-state index contributed by atoms with van der Waals surface area (Å²) in [6.45, 7) is 1.45. The molecule has 0 aliphatic heterocycles. The Labute approximate surface area is 120 Å². The molecule has 2 amide bonds.